The molecule has 9 heteroatoms. The SMILES string of the molecule is CCCCOc1cccc(C(O)=C2C(=O)C(=O)N(CCCN3CCOCC3)C2c2ccc(O)c(OC)c2)c1. The van der Waals surface area contributed by atoms with Crippen LogP contribution < -0.4 is 9.47 Å². The second-order valence-electron chi connectivity index (χ2n) is 9.46. The molecule has 2 aliphatic heterocycles. The molecule has 2 N–H and O–H groups in total. The standard InChI is InChI=1S/C29H36N2O7/c1-3-4-15-38-22-8-5-7-21(18-22)27(33)25-26(20-9-10-23(32)24(19-20)36-2)31(29(35)28(25)34)12-6-11-30-13-16-37-17-14-30/h5,7-10,18-19,26,32-33H,3-4,6,11-17H2,1-2H3. The molecule has 1 atom stereocenters. The van der Waals surface area contributed by atoms with Gasteiger partial charge in [-0.25, -0.2) is 0 Å². The second kappa shape index (κ2) is 12.8. The molecular formula is C29H36N2O7. The summed E-state index contributed by atoms with van der Waals surface area (Å²) in [5.74, 6) is -0.948. The Bertz CT molecular complexity index is 1170. The third kappa shape index (κ3) is 6.11. The zero-order valence-corrected chi connectivity index (χ0v) is 22.0. The summed E-state index contributed by atoms with van der Waals surface area (Å²) in [6, 6.07) is 10.8. The van der Waals surface area contributed by atoms with E-state index in [1.54, 1.807) is 36.4 Å². The first-order chi connectivity index (χ1) is 18.4. The highest BCUT2D eigenvalue weighted by Crippen LogP contribution is 2.42. The summed E-state index contributed by atoms with van der Waals surface area (Å²) in [6.07, 6.45) is 2.54. The molecule has 2 fully saturated rings. The Morgan fingerprint density at radius 2 is 1.87 bits per heavy atom. The number of Topliss-reactive ketones (excluding diaryl/α,β-unsaturated/α-hetero) is 1. The lowest BCUT2D eigenvalue weighted by molar-refractivity contribution is -0.140. The van der Waals surface area contributed by atoms with Crippen LogP contribution in [0.2, 0.25) is 0 Å². The number of aliphatic hydroxyl groups excluding tert-OH is 1. The number of carbonyl (C=O) groups is 2. The molecule has 9 nitrogen and oxygen atoms in total. The number of benzene rings is 2. The molecule has 204 valence electrons. The van der Waals surface area contributed by atoms with Crippen molar-refractivity contribution in [3.63, 3.8) is 0 Å². The van der Waals surface area contributed by atoms with E-state index >= 15 is 0 Å². The fraction of sp³-hybridized carbons (Fsp3) is 0.448. The first-order valence-electron chi connectivity index (χ1n) is 13.1. The molecule has 4 rings (SSSR count). The fourth-order valence-electron chi connectivity index (χ4n) is 4.83. The first kappa shape index (κ1) is 27.5. The summed E-state index contributed by atoms with van der Waals surface area (Å²) in [7, 11) is 1.43. The number of rotatable bonds is 11. The van der Waals surface area contributed by atoms with Crippen LogP contribution >= 0.6 is 0 Å². The van der Waals surface area contributed by atoms with E-state index < -0.39 is 17.7 Å². The molecule has 2 saturated heterocycles. The zero-order chi connectivity index (χ0) is 27.1. The quantitative estimate of drug-likeness (QED) is 0.198. The second-order valence-corrected chi connectivity index (χ2v) is 9.46. The van der Waals surface area contributed by atoms with Gasteiger partial charge in [-0.3, -0.25) is 14.5 Å². The van der Waals surface area contributed by atoms with E-state index in [4.69, 9.17) is 14.2 Å². The van der Waals surface area contributed by atoms with Gasteiger partial charge in [-0.15, -0.1) is 0 Å². The molecule has 2 aliphatic rings. The van der Waals surface area contributed by atoms with Gasteiger partial charge in [0.25, 0.3) is 11.7 Å². The van der Waals surface area contributed by atoms with Gasteiger partial charge in [-0.05, 0) is 42.7 Å². The number of carbonyl (C=O) groups excluding carboxylic acids is 2. The highest BCUT2D eigenvalue weighted by atomic mass is 16.5. The van der Waals surface area contributed by atoms with Crippen LogP contribution in [0.3, 0.4) is 0 Å². The van der Waals surface area contributed by atoms with Gasteiger partial charge in [-0.2, -0.15) is 0 Å². The van der Waals surface area contributed by atoms with E-state index in [0.717, 1.165) is 32.5 Å². The molecule has 2 aromatic carbocycles. The molecule has 0 aromatic heterocycles. The predicted octanol–water partition coefficient (Wildman–Crippen LogP) is 3.72. The van der Waals surface area contributed by atoms with Crippen LogP contribution in [0.5, 0.6) is 17.2 Å². The molecule has 1 amide bonds. The van der Waals surface area contributed by atoms with Crippen LogP contribution in [0, 0.1) is 0 Å². The third-order valence-corrected chi connectivity index (χ3v) is 6.91. The summed E-state index contributed by atoms with van der Waals surface area (Å²) >= 11 is 0. The molecule has 0 radical (unpaired) electrons. The van der Waals surface area contributed by atoms with Crippen molar-refractivity contribution in [3.05, 3.63) is 59.2 Å². The maximum Gasteiger partial charge on any atom is 0.295 e. The number of nitrogens with zero attached hydrogens (tertiary/aromatic N) is 2. The number of unbranched alkanes of at least 4 members (excludes halogenated alkanes) is 1. The van der Waals surface area contributed by atoms with Crippen LogP contribution in [0.15, 0.2) is 48.0 Å². The summed E-state index contributed by atoms with van der Waals surface area (Å²) in [5.41, 5.74) is 0.947. The number of hydrogen-bond acceptors (Lipinski definition) is 8. The van der Waals surface area contributed by atoms with Crippen molar-refractivity contribution in [3.8, 4) is 17.2 Å². The molecular weight excluding hydrogens is 488 g/mol. The molecule has 38 heavy (non-hydrogen) atoms. The number of phenolic OH excluding ortho intramolecular Hbond substituents is 1. The van der Waals surface area contributed by atoms with Crippen LogP contribution in [0.25, 0.3) is 5.76 Å². The molecule has 2 heterocycles. The average Bonchev–Trinajstić information content (AvgIpc) is 3.19. The fourth-order valence-corrected chi connectivity index (χ4v) is 4.83. The number of amides is 1. The van der Waals surface area contributed by atoms with Gasteiger partial charge in [0.1, 0.15) is 11.5 Å². The molecule has 1 unspecified atom stereocenters. The molecule has 0 bridgehead atoms. The van der Waals surface area contributed by atoms with E-state index in [-0.39, 0.29) is 22.8 Å². The first-order valence-corrected chi connectivity index (χ1v) is 13.1. The van der Waals surface area contributed by atoms with Crippen molar-refractivity contribution in [1.29, 1.82) is 0 Å². The monoisotopic (exact) mass is 524 g/mol. The average molecular weight is 525 g/mol. The Labute approximate surface area is 223 Å². The van der Waals surface area contributed by atoms with E-state index in [1.165, 1.54) is 18.1 Å². The van der Waals surface area contributed by atoms with Crippen molar-refractivity contribution in [2.45, 2.75) is 32.2 Å². The van der Waals surface area contributed by atoms with Gasteiger partial charge in [0.2, 0.25) is 0 Å². The lowest BCUT2D eigenvalue weighted by Crippen LogP contribution is -2.38. The number of hydrogen-bond donors (Lipinski definition) is 2. The van der Waals surface area contributed by atoms with Crippen molar-refractivity contribution in [2.24, 2.45) is 0 Å². The Balaban J connectivity index is 1.68. The summed E-state index contributed by atoms with van der Waals surface area (Å²) in [5, 5.41) is 21.5. The maximum absolute atomic E-state index is 13.3. The van der Waals surface area contributed by atoms with E-state index in [0.29, 0.717) is 49.7 Å². The van der Waals surface area contributed by atoms with Gasteiger partial charge < -0.3 is 29.3 Å². The molecule has 0 aliphatic carbocycles. The summed E-state index contributed by atoms with van der Waals surface area (Å²) in [4.78, 5) is 30.4. The van der Waals surface area contributed by atoms with Gasteiger partial charge in [0.05, 0.1) is 38.5 Å². The Hall–Kier alpha value is -3.56. The van der Waals surface area contributed by atoms with E-state index in [9.17, 15) is 19.8 Å². The lowest BCUT2D eigenvalue weighted by Gasteiger charge is -2.29. The van der Waals surface area contributed by atoms with Crippen LogP contribution in [-0.2, 0) is 14.3 Å². The topological polar surface area (TPSA) is 109 Å². The zero-order valence-electron chi connectivity index (χ0n) is 22.0. The highest BCUT2D eigenvalue weighted by molar-refractivity contribution is 6.46. The highest BCUT2D eigenvalue weighted by Gasteiger charge is 2.46. The van der Waals surface area contributed by atoms with Crippen molar-refractivity contribution in [2.75, 3.05) is 53.1 Å². The van der Waals surface area contributed by atoms with Crippen molar-refractivity contribution in [1.82, 2.24) is 9.80 Å². The lowest BCUT2D eigenvalue weighted by atomic mass is 9.95. The van der Waals surface area contributed by atoms with Gasteiger partial charge in [0.15, 0.2) is 11.5 Å². The van der Waals surface area contributed by atoms with E-state index in [1.807, 2.05) is 0 Å². The largest absolute Gasteiger partial charge is 0.507 e. The van der Waals surface area contributed by atoms with Crippen molar-refractivity contribution >= 4 is 17.4 Å². The number of ketones is 1. The number of aromatic hydroxyl groups is 1. The Kier molecular flexibility index (Phi) is 9.25. The Morgan fingerprint density at radius 1 is 1.08 bits per heavy atom. The maximum atomic E-state index is 13.3. The van der Waals surface area contributed by atoms with Gasteiger partial charge in [-0.1, -0.05) is 31.5 Å². The van der Waals surface area contributed by atoms with Crippen LogP contribution in [-0.4, -0.2) is 84.8 Å². The summed E-state index contributed by atoms with van der Waals surface area (Å²) in [6.45, 7) is 6.72. The van der Waals surface area contributed by atoms with E-state index in [2.05, 4.69) is 11.8 Å². The number of methoxy groups -OCH3 is 1. The van der Waals surface area contributed by atoms with Crippen LogP contribution in [0.1, 0.15) is 43.4 Å². The Morgan fingerprint density at radius 3 is 2.61 bits per heavy atom. The normalized spacial score (nSPS) is 19.6. The van der Waals surface area contributed by atoms with Gasteiger partial charge in [0, 0.05) is 31.7 Å². The minimum Gasteiger partial charge on any atom is -0.507 e. The number of phenols is 1. The predicted molar refractivity (Wildman–Crippen MR) is 142 cm³/mol. The number of morpholine rings is 1. The van der Waals surface area contributed by atoms with Crippen LogP contribution in [0.4, 0.5) is 0 Å². The number of aliphatic hydroxyl groups is 1. The number of likely N-dealkylation sites (tertiary alicyclic amines) is 1. The third-order valence-electron chi connectivity index (χ3n) is 6.91. The summed E-state index contributed by atoms with van der Waals surface area (Å²) < 4.78 is 16.5. The minimum atomic E-state index is -0.834. The molecule has 0 saturated carbocycles. The molecule has 2 aromatic rings. The van der Waals surface area contributed by atoms with Crippen molar-refractivity contribution < 1.29 is 34.0 Å². The minimum absolute atomic E-state index is 0.000163. The van der Waals surface area contributed by atoms with Gasteiger partial charge >= 0.3 is 0 Å². The number of ether oxygens (including phenoxy) is 3. The smallest absolute Gasteiger partial charge is 0.295 e. The molecule has 0 spiro atoms.